The van der Waals surface area contributed by atoms with E-state index in [1.54, 1.807) is 31.3 Å². The molecule has 1 aromatic heterocycles. The van der Waals surface area contributed by atoms with Crippen molar-refractivity contribution >= 4 is 57.8 Å². The molecule has 0 spiro atoms. The molecule has 1 atom stereocenters. The van der Waals surface area contributed by atoms with Gasteiger partial charge in [0.25, 0.3) is 10.0 Å². The Morgan fingerprint density at radius 3 is 2.48 bits per heavy atom. The Morgan fingerprint density at radius 1 is 1.11 bits per heavy atom. The molecule has 3 aromatic rings. The minimum Gasteiger partial charge on any atom is -0.361 e. The van der Waals surface area contributed by atoms with Gasteiger partial charge in [0, 0.05) is 27.1 Å². The van der Waals surface area contributed by atoms with Crippen LogP contribution in [0.4, 0.5) is 5.69 Å². The van der Waals surface area contributed by atoms with Gasteiger partial charge in [-0.25, -0.2) is 8.42 Å². The zero-order chi connectivity index (χ0) is 19.6. The fourth-order valence-corrected chi connectivity index (χ4v) is 6.32. The van der Waals surface area contributed by atoms with Gasteiger partial charge in [0.05, 0.1) is 17.2 Å². The maximum atomic E-state index is 13.3. The Labute approximate surface area is 168 Å². The molecule has 0 saturated heterocycles. The predicted octanol–water partition coefficient (Wildman–Crippen LogP) is 5.14. The summed E-state index contributed by atoms with van der Waals surface area (Å²) in [7, 11) is -6.68. The minimum atomic E-state index is -4.06. The van der Waals surface area contributed by atoms with E-state index in [1.165, 1.54) is 18.2 Å². The number of hydrogen-bond acceptors (Lipinski definition) is 4. The first-order valence-corrected chi connectivity index (χ1v) is 11.7. The molecule has 0 radical (unpaired) electrons. The van der Waals surface area contributed by atoms with Gasteiger partial charge >= 0.3 is 0 Å². The number of benzene rings is 2. The van der Waals surface area contributed by atoms with Crippen LogP contribution in [0.2, 0.25) is 10.0 Å². The molecular formula is C17H17Cl2N2O4PS. The maximum Gasteiger partial charge on any atom is 0.264 e. The third-order valence-electron chi connectivity index (χ3n) is 3.83. The number of aromatic amines is 1. The summed E-state index contributed by atoms with van der Waals surface area (Å²) in [6.07, 6.45) is 1.47. The van der Waals surface area contributed by atoms with Crippen LogP contribution in [0.15, 0.2) is 53.6 Å². The second-order valence-electron chi connectivity index (χ2n) is 5.67. The van der Waals surface area contributed by atoms with E-state index in [0.717, 1.165) is 15.2 Å². The number of hydrogen-bond donors (Lipinski definition) is 1. The Bertz CT molecular complexity index is 1080. The van der Waals surface area contributed by atoms with Gasteiger partial charge in [-0.05, 0) is 49.4 Å². The van der Waals surface area contributed by atoms with Gasteiger partial charge in [-0.1, -0.05) is 23.2 Å². The van der Waals surface area contributed by atoms with E-state index in [2.05, 4.69) is 4.98 Å². The van der Waals surface area contributed by atoms with Crippen molar-refractivity contribution in [1.82, 2.24) is 4.98 Å². The van der Waals surface area contributed by atoms with Crippen LogP contribution in [0, 0.1) is 0 Å². The quantitative estimate of drug-likeness (QED) is 0.509. The number of rotatable bonds is 7. The minimum absolute atomic E-state index is 0.0829. The van der Waals surface area contributed by atoms with E-state index in [0.29, 0.717) is 5.69 Å². The summed E-state index contributed by atoms with van der Waals surface area (Å²) < 4.78 is 45.0. The lowest BCUT2D eigenvalue weighted by Gasteiger charge is -2.24. The van der Waals surface area contributed by atoms with Crippen LogP contribution < -0.4 is 4.31 Å². The van der Waals surface area contributed by atoms with Gasteiger partial charge in [-0.2, -0.15) is 0 Å². The average molecular weight is 447 g/mol. The van der Waals surface area contributed by atoms with Gasteiger partial charge in [0.15, 0.2) is 0 Å². The molecule has 3 rings (SSSR count). The molecule has 0 amide bonds. The van der Waals surface area contributed by atoms with Gasteiger partial charge in [0.1, 0.15) is 6.29 Å². The number of fused-ring (bicyclic) bond motifs is 1. The largest absolute Gasteiger partial charge is 0.361 e. The highest BCUT2D eigenvalue weighted by Crippen LogP contribution is 2.34. The first-order chi connectivity index (χ1) is 12.8. The summed E-state index contributed by atoms with van der Waals surface area (Å²) in [5, 5.41) is 1.21. The zero-order valence-electron chi connectivity index (χ0n) is 14.3. The molecular weight excluding hydrogens is 430 g/mol. The van der Waals surface area contributed by atoms with E-state index < -0.39 is 18.1 Å². The monoisotopic (exact) mass is 446 g/mol. The summed E-state index contributed by atoms with van der Waals surface area (Å²) in [6.45, 7) is 1.93. The second kappa shape index (κ2) is 8.25. The number of H-pyrrole nitrogens is 1. The normalized spacial score (nSPS) is 13.0. The number of anilines is 1. The Morgan fingerprint density at radius 2 is 1.81 bits per heavy atom. The summed E-state index contributed by atoms with van der Waals surface area (Å²) in [6, 6.07) is 11.0. The van der Waals surface area contributed by atoms with E-state index >= 15 is 0 Å². The Balaban J connectivity index is 2.11. The van der Waals surface area contributed by atoms with Gasteiger partial charge in [-0.3, -0.25) is 8.87 Å². The summed E-state index contributed by atoms with van der Waals surface area (Å²) in [4.78, 5) is 2.97. The van der Waals surface area contributed by atoms with Crippen molar-refractivity contribution in [3.8, 4) is 0 Å². The molecule has 2 aromatic carbocycles. The van der Waals surface area contributed by atoms with Crippen LogP contribution in [0.5, 0.6) is 0 Å². The standard InChI is InChI=1S/C17H17Cl2N2O4PS/c1-2-25-26(22)11-21(15-3-4-17-12(7-15)5-6-20-17)27(23,24)16-9-13(18)8-14(19)10-16/h3-10,20,26H,2,11H2,1H3. The van der Waals surface area contributed by atoms with Crippen molar-refractivity contribution in [2.75, 3.05) is 17.2 Å². The highest BCUT2D eigenvalue weighted by atomic mass is 35.5. The van der Waals surface area contributed by atoms with Gasteiger partial charge in [0.2, 0.25) is 8.03 Å². The van der Waals surface area contributed by atoms with Crippen LogP contribution in [-0.2, 0) is 19.1 Å². The lowest BCUT2D eigenvalue weighted by Crippen LogP contribution is -2.31. The summed E-state index contributed by atoms with van der Waals surface area (Å²) in [5.41, 5.74) is 1.23. The van der Waals surface area contributed by atoms with Crippen molar-refractivity contribution in [1.29, 1.82) is 0 Å². The van der Waals surface area contributed by atoms with E-state index in [-0.39, 0.29) is 27.8 Å². The van der Waals surface area contributed by atoms with Crippen LogP contribution in [0.25, 0.3) is 10.9 Å². The molecule has 1 heterocycles. The average Bonchev–Trinajstić information content (AvgIpc) is 3.06. The number of nitrogens with zero attached hydrogens (tertiary/aromatic N) is 1. The van der Waals surface area contributed by atoms with Crippen LogP contribution in [0.1, 0.15) is 6.92 Å². The van der Waals surface area contributed by atoms with Gasteiger partial charge < -0.3 is 9.51 Å². The van der Waals surface area contributed by atoms with Crippen LogP contribution in [0.3, 0.4) is 0 Å². The molecule has 10 heteroatoms. The Hall–Kier alpha value is -1.50. The highest BCUT2D eigenvalue weighted by Gasteiger charge is 2.28. The predicted molar refractivity (Wildman–Crippen MR) is 110 cm³/mol. The lowest BCUT2D eigenvalue weighted by molar-refractivity contribution is 0.351. The number of halogens is 2. The van der Waals surface area contributed by atoms with Crippen molar-refractivity contribution in [3.05, 3.63) is 58.7 Å². The van der Waals surface area contributed by atoms with Crippen molar-refractivity contribution < 1.29 is 17.5 Å². The molecule has 0 aliphatic heterocycles. The molecule has 0 aliphatic rings. The molecule has 1 unspecified atom stereocenters. The van der Waals surface area contributed by atoms with Crippen molar-refractivity contribution in [2.24, 2.45) is 0 Å². The van der Waals surface area contributed by atoms with Crippen LogP contribution >= 0.6 is 31.2 Å². The van der Waals surface area contributed by atoms with E-state index in [4.69, 9.17) is 27.7 Å². The number of sulfonamides is 1. The molecule has 6 nitrogen and oxygen atoms in total. The molecule has 0 bridgehead atoms. The molecule has 0 saturated carbocycles. The summed E-state index contributed by atoms with van der Waals surface area (Å²) in [5.74, 6) is 0. The van der Waals surface area contributed by atoms with E-state index in [9.17, 15) is 13.0 Å². The third kappa shape index (κ3) is 4.50. The number of aromatic nitrogens is 1. The molecule has 1 N–H and O–H groups in total. The smallest absolute Gasteiger partial charge is 0.264 e. The fraction of sp³-hybridized carbons (Fsp3) is 0.176. The molecule has 144 valence electrons. The zero-order valence-corrected chi connectivity index (χ0v) is 17.6. The molecule has 27 heavy (non-hydrogen) atoms. The highest BCUT2D eigenvalue weighted by molar-refractivity contribution is 7.93. The lowest BCUT2D eigenvalue weighted by atomic mass is 10.2. The summed E-state index contributed by atoms with van der Waals surface area (Å²) >= 11 is 11.9. The van der Waals surface area contributed by atoms with Gasteiger partial charge in [-0.15, -0.1) is 0 Å². The molecule has 0 fully saturated rings. The van der Waals surface area contributed by atoms with Crippen molar-refractivity contribution in [2.45, 2.75) is 11.8 Å². The van der Waals surface area contributed by atoms with E-state index in [1.807, 2.05) is 6.07 Å². The first-order valence-electron chi connectivity index (χ1n) is 8.03. The van der Waals surface area contributed by atoms with Crippen LogP contribution in [-0.4, -0.2) is 26.3 Å². The first kappa shape index (κ1) is 20.2. The maximum absolute atomic E-state index is 13.3. The third-order valence-corrected chi connectivity index (χ3v) is 7.43. The number of nitrogens with one attached hydrogen (secondary N) is 1. The SMILES string of the molecule is CCO[PH](=O)CN(c1ccc2[nH]ccc2c1)S(=O)(=O)c1cc(Cl)cc(Cl)c1. The second-order valence-corrected chi connectivity index (χ2v) is 9.76. The van der Waals surface area contributed by atoms with Crippen molar-refractivity contribution in [3.63, 3.8) is 0 Å². The topological polar surface area (TPSA) is 79.5 Å². The fourth-order valence-electron chi connectivity index (χ4n) is 2.64. The Kier molecular flexibility index (Phi) is 6.18. The molecule has 0 aliphatic carbocycles.